The van der Waals surface area contributed by atoms with E-state index in [1.54, 1.807) is 40.7 Å². The van der Waals surface area contributed by atoms with Crippen LogP contribution in [0.2, 0.25) is 5.02 Å². The Hall–Kier alpha value is -1.89. The highest BCUT2D eigenvalue weighted by Crippen LogP contribution is 2.22. The number of amides is 1. The van der Waals surface area contributed by atoms with Crippen LogP contribution in [-0.4, -0.2) is 31.7 Å². The molecular formula is C19H21ClN2O3S. The fourth-order valence-electron chi connectivity index (χ4n) is 2.95. The number of halogens is 1. The summed E-state index contributed by atoms with van der Waals surface area (Å²) in [6.45, 7) is 1.13. The van der Waals surface area contributed by atoms with Crippen LogP contribution in [0.1, 0.15) is 36.0 Å². The molecule has 0 bridgehead atoms. The molecule has 0 radical (unpaired) electrons. The van der Waals surface area contributed by atoms with Crippen molar-refractivity contribution in [3.05, 3.63) is 59.1 Å². The molecule has 3 rings (SSSR count). The maximum atomic E-state index is 12.8. The quantitative estimate of drug-likeness (QED) is 0.849. The molecule has 2 aromatic carbocycles. The van der Waals surface area contributed by atoms with Gasteiger partial charge in [-0.3, -0.25) is 4.79 Å². The van der Waals surface area contributed by atoms with Gasteiger partial charge < -0.3 is 5.32 Å². The number of rotatable bonds is 4. The second-order valence-electron chi connectivity index (χ2n) is 6.30. The maximum absolute atomic E-state index is 12.8. The van der Waals surface area contributed by atoms with Gasteiger partial charge in [0, 0.05) is 29.4 Å². The summed E-state index contributed by atoms with van der Waals surface area (Å²) < 4.78 is 27.1. The van der Waals surface area contributed by atoms with E-state index in [0.717, 1.165) is 25.7 Å². The number of benzene rings is 2. The Morgan fingerprint density at radius 3 is 2.04 bits per heavy atom. The molecule has 1 amide bonds. The van der Waals surface area contributed by atoms with Crippen molar-refractivity contribution in [3.63, 3.8) is 0 Å². The lowest BCUT2D eigenvalue weighted by molar-refractivity contribution is 0.102. The van der Waals surface area contributed by atoms with E-state index in [1.807, 2.05) is 0 Å². The van der Waals surface area contributed by atoms with E-state index in [9.17, 15) is 13.2 Å². The molecule has 1 N–H and O–H groups in total. The second-order valence-corrected chi connectivity index (χ2v) is 8.68. The first-order valence-corrected chi connectivity index (χ1v) is 10.5. The number of nitrogens with one attached hydrogen (secondary N) is 1. The lowest BCUT2D eigenvalue weighted by Crippen LogP contribution is -2.31. The van der Waals surface area contributed by atoms with Gasteiger partial charge in [0.25, 0.3) is 5.91 Å². The average molecular weight is 393 g/mol. The van der Waals surface area contributed by atoms with Gasteiger partial charge in [0.2, 0.25) is 10.0 Å². The van der Waals surface area contributed by atoms with Gasteiger partial charge >= 0.3 is 0 Å². The van der Waals surface area contributed by atoms with Crippen LogP contribution in [0.3, 0.4) is 0 Å². The van der Waals surface area contributed by atoms with Crippen molar-refractivity contribution < 1.29 is 13.2 Å². The first kappa shape index (κ1) is 18.9. The summed E-state index contributed by atoms with van der Waals surface area (Å²) in [5.74, 6) is -0.273. The fourth-order valence-corrected chi connectivity index (χ4v) is 4.59. The third-order valence-corrected chi connectivity index (χ3v) is 6.59. The van der Waals surface area contributed by atoms with Crippen LogP contribution in [0.4, 0.5) is 5.69 Å². The number of anilines is 1. The average Bonchev–Trinajstić information content (AvgIpc) is 2.93. The standard InChI is InChI=1S/C19H21ClN2O3S/c20-16-7-5-15(6-8-16)19(23)21-17-9-11-18(12-10-17)26(24,25)22-13-3-1-2-4-14-22/h5-12H,1-4,13-14H2,(H,21,23). The van der Waals surface area contributed by atoms with Crippen LogP contribution >= 0.6 is 11.6 Å². The highest BCUT2D eigenvalue weighted by molar-refractivity contribution is 7.89. The highest BCUT2D eigenvalue weighted by atomic mass is 35.5. The largest absolute Gasteiger partial charge is 0.322 e. The smallest absolute Gasteiger partial charge is 0.255 e. The molecular weight excluding hydrogens is 372 g/mol. The number of nitrogens with zero attached hydrogens (tertiary/aromatic N) is 1. The Labute approximate surface area is 159 Å². The molecule has 1 aliphatic rings. The summed E-state index contributed by atoms with van der Waals surface area (Å²) in [5, 5.41) is 3.32. The van der Waals surface area contributed by atoms with Crippen molar-refractivity contribution in [2.45, 2.75) is 30.6 Å². The predicted molar refractivity (Wildman–Crippen MR) is 103 cm³/mol. The van der Waals surface area contributed by atoms with Crippen LogP contribution in [0.25, 0.3) is 0 Å². The molecule has 1 fully saturated rings. The minimum Gasteiger partial charge on any atom is -0.322 e. The van der Waals surface area contributed by atoms with Crippen molar-refractivity contribution in [2.75, 3.05) is 18.4 Å². The van der Waals surface area contributed by atoms with E-state index in [0.29, 0.717) is 29.4 Å². The maximum Gasteiger partial charge on any atom is 0.255 e. The van der Waals surface area contributed by atoms with E-state index >= 15 is 0 Å². The van der Waals surface area contributed by atoms with Crippen molar-refractivity contribution in [1.82, 2.24) is 4.31 Å². The Balaban J connectivity index is 1.71. The summed E-state index contributed by atoms with van der Waals surface area (Å²) in [5.41, 5.74) is 1.02. The van der Waals surface area contributed by atoms with Gasteiger partial charge in [0.05, 0.1) is 4.90 Å². The Kier molecular flexibility index (Phi) is 5.96. The summed E-state index contributed by atoms with van der Waals surface area (Å²) in [6.07, 6.45) is 3.94. The lowest BCUT2D eigenvalue weighted by atomic mass is 10.2. The normalized spacial score (nSPS) is 16.0. The Morgan fingerprint density at radius 1 is 0.885 bits per heavy atom. The molecule has 0 aliphatic carbocycles. The van der Waals surface area contributed by atoms with Crippen LogP contribution in [-0.2, 0) is 10.0 Å². The van der Waals surface area contributed by atoms with E-state index in [2.05, 4.69) is 5.32 Å². The Morgan fingerprint density at radius 2 is 1.46 bits per heavy atom. The molecule has 5 nitrogen and oxygen atoms in total. The molecule has 0 atom stereocenters. The lowest BCUT2D eigenvalue weighted by Gasteiger charge is -2.20. The minimum absolute atomic E-state index is 0.254. The molecule has 26 heavy (non-hydrogen) atoms. The molecule has 1 heterocycles. The van der Waals surface area contributed by atoms with E-state index < -0.39 is 10.0 Å². The van der Waals surface area contributed by atoms with Gasteiger partial charge in [-0.25, -0.2) is 8.42 Å². The predicted octanol–water partition coefficient (Wildman–Crippen LogP) is 4.16. The number of carbonyl (C=O) groups excluding carboxylic acids is 1. The zero-order valence-electron chi connectivity index (χ0n) is 14.3. The summed E-state index contributed by atoms with van der Waals surface area (Å²) in [6, 6.07) is 12.9. The Bertz CT molecular complexity index is 857. The van der Waals surface area contributed by atoms with Crippen LogP contribution in [0.5, 0.6) is 0 Å². The van der Waals surface area contributed by atoms with Gasteiger partial charge in [-0.15, -0.1) is 0 Å². The SMILES string of the molecule is O=C(Nc1ccc(S(=O)(=O)N2CCCCCC2)cc1)c1ccc(Cl)cc1. The molecule has 0 spiro atoms. The zero-order valence-corrected chi connectivity index (χ0v) is 15.9. The monoisotopic (exact) mass is 392 g/mol. The zero-order chi connectivity index (χ0) is 18.6. The number of hydrogen-bond donors (Lipinski definition) is 1. The van der Waals surface area contributed by atoms with Crippen LogP contribution < -0.4 is 5.32 Å². The third-order valence-electron chi connectivity index (χ3n) is 4.42. The number of sulfonamides is 1. The molecule has 0 unspecified atom stereocenters. The van der Waals surface area contributed by atoms with Crippen molar-refractivity contribution >= 4 is 33.2 Å². The van der Waals surface area contributed by atoms with Gasteiger partial charge in [-0.05, 0) is 61.4 Å². The van der Waals surface area contributed by atoms with E-state index in [1.165, 1.54) is 12.1 Å². The third kappa shape index (κ3) is 4.44. The molecule has 1 aliphatic heterocycles. The van der Waals surface area contributed by atoms with Crippen molar-refractivity contribution in [2.24, 2.45) is 0 Å². The topological polar surface area (TPSA) is 66.5 Å². The molecule has 138 valence electrons. The van der Waals surface area contributed by atoms with Crippen molar-refractivity contribution in [1.29, 1.82) is 0 Å². The van der Waals surface area contributed by atoms with Gasteiger partial charge in [-0.2, -0.15) is 4.31 Å². The number of carbonyl (C=O) groups is 1. The van der Waals surface area contributed by atoms with Gasteiger partial charge in [0.15, 0.2) is 0 Å². The minimum atomic E-state index is -3.48. The van der Waals surface area contributed by atoms with Crippen LogP contribution in [0.15, 0.2) is 53.4 Å². The molecule has 1 saturated heterocycles. The first-order valence-electron chi connectivity index (χ1n) is 8.64. The molecule has 0 saturated carbocycles. The summed E-state index contributed by atoms with van der Waals surface area (Å²) in [4.78, 5) is 12.5. The van der Waals surface area contributed by atoms with Crippen LogP contribution in [0, 0.1) is 0 Å². The fraction of sp³-hybridized carbons (Fsp3) is 0.316. The van der Waals surface area contributed by atoms with Gasteiger partial charge in [0.1, 0.15) is 0 Å². The van der Waals surface area contributed by atoms with Gasteiger partial charge in [-0.1, -0.05) is 24.4 Å². The summed E-state index contributed by atoms with van der Waals surface area (Å²) in [7, 11) is -3.48. The molecule has 0 aromatic heterocycles. The number of hydrogen-bond acceptors (Lipinski definition) is 3. The summed E-state index contributed by atoms with van der Waals surface area (Å²) >= 11 is 5.82. The van der Waals surface area contributed by atoms with E-state index in [-0.39, 0.29) is 10.8 Å². The molecule has 2 aromatic rings. The van der Waals surface area contributed by atoms with Crippen molar-refractivity contribution in [3.8, 4) is 0 Å². The molecule has 7 heteroatoms. The highest BCUT2D eigenvalue weighted by Gasteiger charge is 2.24. The van der Waals surface area contributed by atoms with E-state index in [4.69, 9.17) is 11.6 Å². The second kappa shape index (κ2) is 8.20. The first-order chi connectivity index (χ1) is 12.5.